The SMILES string of the molecule is Br.CCN(C(=O)c1ccc(C(F)(F)F)cc1)c1ccc(Oc2ccc3cc(C(=O)N4CCN(Cc5ccc(OCC(F)(F)F)cc5)CC4)n(C)c3c2)nc1. The Morgan fingerprint density at radius 2 is 1.50 bits per heavy atom. The van der Waals surface area contributed by atoms with Crippen molar-refractivity contribution in [2.24, 2.45) is 7.05 Å². The first-order chi connectivity index (χ1) is 25.2. The Hall–Kier alpha value is -5.09. The quantitative estimate of drug-likeness (QED) is 0.132. The number of benzene rings is 3. The second-order valence-corrected chi connectivity index (χ2v) is 12.5. The molecule has 0 spiro atoms. The molecule has 0 atom stereocenters. The van der Waals surface area contributed by atoms with Crippen LogP contribution in [0.3, 0.4) is 0 Å². The van der Waals surface area contributed by atoms with E-state index < -0.39 is 30.4 Å². The number of hydrogen-bond donors (Lipinski definition) is 0. The molecular formula is C38H36BrF6N5O4. The van der Waals surface area contributed by atoms with E-state index in [0.717, 1.165) is 40.7 Å². The summed E-state index contributed by atoms with van der Waals surface area (Å²) in [5.41, 5.74) is 1.92. The van der Waals surface area contributed by atoms with Crippen LogP contribution >= 0.6 is 17.0 Å². The number of anilines is 1. The van der Waals surface area contributed by atoms with E-state index in [-0.39, 0.29) is 46.6 Å². The number of ether oxygens (including phenoxy) is 2. The van der Waals surface area contributed by atoms with Crippen molar-refractivity contribution in [2.45, 2.75) is 25.8 Å². The lowest BCUT2D eigenvalue weighted by Gasteiger charge is -2.34. The summed E-state index contributed by atoms with van der Waals surface area (Å²) in [6.07, 6.45) is -7.45. The molecule has 286 valence electrons. The largest absolute Gasteiger partial charge is 0.484 e. The molecular weight excluding hydrogens is 784 g/mol. The fourth-order valence-electron chi connectivity index (χ4n) is 6.08. The summed E-state index contributed by atoms with van der Waals surface area (Å²) in [5.74, 6) is 0.293. The summed E-state index contributed by atoms with van der Waals surface area (Å²) in [6.45, 7) is 3.53. The average molecular weight is 821 g/mol. The summed E-state index contributed by atoms with van der Waals surface area (Å²) >= 11 is 0. The molecule has 1 aliphatic heterocycles. The standard InChI is InChI=1S/C38H35F6N5O4.BrH/c1-3-49(35(50)26-6-9-28(10-7-26)38(42,43)44)29-11-15-34(45-22-29)53-31-14-8-27-20-33(46(2)32(27)21-31)36(51)48-18-16-47(17-19-48)23-25-4-12-30(13-5-25)52-24-37(39,40)41;/h4-15,20-22H,3,16-19,23-24H2,1-2H3;1H. The Bertz CT molecular complexity index is 2060. The lowest BCUT2D eigenvalue weighted by Crippen LogP contribution is -2.48. The Morgan fingerprint density at radius 1 is 0.833 bits per heavy atom. The minimum absolute atomic E-state index is 0. The van der Waals surface area contributed by atoms with Crippen molar-refractivity contribution in [3.05, 3.63) is 114 Å². The molecule has 0 N–H and O–H groups in total. The van der Waals surface area contributed by atoms with E-state index in [1.165, 1.54) is 23.2 Å². The predicted octanol–water partition coefficient (Wildman–Crippen LogP) is 8.53. The van der Waals surface area contributed by atoms with Gasteiger partial charge in [-0.1, -0.05) is 12.1 Å². The van der Waals surface area contributed by atoms with Crippen molar-refractivity contribution < 1.29 is 45.4 Å². The van der Waals surface area contributed by atoms with Crippen molar-refractivity contribution in [1.82, 2.24) is 19.4 Å². The van der Waals surface area contributed by atoms with E-state index >= 15 is 0 Å². The molecule has 1 aliphatic rings. The number of aryl methyl sites for hydroxylation is 1. The van der Waals surface area contributed by atoms with E-state index in [4.69, 9.17) is 9.47 Å². The molecule has 0 saturated carbocycles. The molecule has 0 aliphatic carbocycles. The van der Waals surface area contributed by atoms with Crippen molar-refractivity contribution in [3.63, 3.8) is 0 Å². The molecule has 0 radical (unpaired) electrons. The van der Waals surface area contributed by atoms with E-state index in [0.29, 0.717) is 49.9 Å². The molecule has 0 unspecified atom stereocenters. The molecule has 9 nitrogen and oxygen atoms in total. The molecule has 1 fully saturated rings. The summed E-state index contributed by atoms with van der Waals surface area (Å²) in [7, 11) is 1.80. The highest BCUT2D eigenvalue weighted by Crippen LogP contribution is 2.31. The number of alkyl halides is 6. The molecule has 5 aromatic rings. The number of aromatic nitrogens is 2. The van der Waals surface area contributed by atoms with Crippen molar-refractivity contribution in [3.8, 4) is 17.4 Å². The van der Waals surface area contributed by atoms with Crippen LogP contribution in [0.25, 0.3) is 10.9 Å². The summed E-state index contributed by atoms with van der Waals surface area (Å²) in [4.78, 5) is 36.4. The predicted molar refractivity (Wildman–Crippen MR) is 196 cm³/mol. The third-order valence-electron chi connectivity index (χ3n) is 8.90. The van der Waals surface area contributed by atoms with Crippen LogP contribution in [0.4, 0.5) is 32.0 Å². The normalized spacial score (nSPS) is 13.7. The van der Waals surface area contributed by atoms with Gasteiger partial charge in [-0.25, -0.2) is 4.98 Å². The zero-order chi connectivity index (χ0) is 37.9. The molecule has 16 heteroatoms. The van der Waals surface area contributed by atoms with E-state index in [9.17, 15) is 35.9 Å². The van der Waals surface area contributed by atoms with E-state index in [2.05, 4.69) is 9.88 Å². The minimum Gasteiger partial charge on any atom is -0.484 e. The molecule has 1 saturated heterocycles. The zero-order valence-corrected chi connectivity index (χ0v) is 30.9. The second-order valence-electron chi connectivity index (χ2n) is 12.5. The van der Waals surface area contributed by atoms with Crippen molar-refractivity contribution in [1.29, 1.82) is 0 Å². The smallest absolute Gasteiger partial charge is 0.422 e. The Labute approximate surface area is 317 Å². The number of amides is 2. The number of hydrogen-bond acceptors (Lipinski definition) is 6. The number of nitrogens with zero attached hydrogens (tertiary/aromatic N) is 5. The molecule has 3 heterocycles. The van der Waals surface area contributed by atoms with Crippen LogP contribution in [0.2, 0.25) is 0 Å². The van der Waals surface area contributed by atoms with Crippen LogP contribution in [0.15, 0.2) is 91.1 Å². The van der Waals surface area contributed by atoms with Crippen LogP contribution < -0.4 is 14.4 Å². The highest BCUT2D eigenvalue weighted by molar-refractivity contribution is 8.93. The van der Waals surface area contributed by atoms with Gasteiger partial charge in [0.05, 0.1) is 23.0 Å². The maximum atomic E-state index is 13.6. The first kappa shape index (κ1) is 40.1. The van der Waals surface area contributed by atoms with Gasteiger partial charge < -0.3 is 23.8 Å². The van der Waals surface area contributed by atoms with Gasteiger partial charge in [-0.2, -0.15) is 26.3 Å². The van der Waals surface area contributed by atoms with Gasteiger partial charge in [-0.3, -0.25) is 14.5 Å². The lowest BCUT2D eigenvalue weighted by molar-refractivity contribution is -0.153. The highest BCUT2D eigenvalue weighted by Gasteiger charge is 2.31. The summed E-state index contributed by atoms with van der Waals surface area (Å²) in [5, 5.41) is 0.841. The van der Waals surface area contributed by atoms with Gasteiger partial charge in [-0.15, -0.1) is 17.0 Å². The molecule has 54 heavy (non-hydrogen) atoms. The van der Waals surface area contributed by atoms with Crippen LogP contribution in [0, 0.1) is 0 Å². The molecule has 3 aromatic carbocycles. The minimum atomic E-state index is -4.50. The lowest BCUT2D eigenvalue weighted by atomic mass is 10.1. The van der Waals surface area contributed by atoms with Crippen LogP contribution in [0.5, 0.6) is 17.4 Å². The van der Waals surface area contributed by atoms with Crippen molar-refractivity contribution in [2.75, 3.05) is 44.2 Å². The van der Waals surface area contributed by atoms with Gasteiger partial charge in [0.15, 0.2) is 6.61 Å². The van der Waals surface area contributed by atoms with Crippen LogP contribution in [-0.2, 0) is 19.8 Å². The van der Waals surface area contributed by atoms with Gasteiger partial charge in [0.1, 0.15) is 17.2 Å². The van der Waals surface area contributed by atoms with Crippen LogP contribution in [-0.4, -0.2) is 76.7 Å². The Balaban J connectivity index is 0.00000561. The second kappa shape index (κ2) is 16.5. The number of fused-ring (bicyclic) bond motifs is 1. The fraction of sp³-hybridized carbons (Fsp3) is 0.289. The molecule has 2 amide bonds. The summed E-state index contributed by atoms with van der Waals surface area (Å²) in [6, 6.07) is 21.0. The highest BCUT2D eigenvalue weighted by atomic mass is 79.9. The maximum absolute atomic E-state index is 13.6. The average Bonchev–Trinajstić information content (AvgIpc) is 3.47. The monoisotopic (exact) mass is 819 g/mol. The van der Waals surface area contributed by atoms with Gasteiger partial charge in [0, 0.05) is 69.4 Å². The summed E-state index contributed by atoms with van der Waals surface area (Å²) < 4.78 is 88.7. The molecule has 2 aromatic heterocycles. The fourth-order valence-corrected chi connectivity index (χ4v) is 6.08. The number of piperazine rings is 1. The maximum Gasteiger partial charge on any atom is 0.422 e. The topological polar surface area (TPSA) is 80.1 Å². The van der Waals surface area contributed by atoms with E-state index in [1.54, 1.807) is 55.3 Å². The zero-order valence-electron chi connectivity index (χ0n) is 29.2. The van der Waals surface area contributed by atoms with Gasteiger partial charge in [0.25, 0.3) is 11.8 Å². The first-order valence-electron chi connectivity index (χ1n) is 16.7. The van der Waals surface area contributed by atoms with Gasteiger partial charge in [-0.05, 0) is 73.2 Å². The Kier molecular flexibility index (Phi) is 12.3. The number of halogens is 7. The van der Waals surface area contributed by atoms with Crippen molar-refractivity contribution >= 4 is 45.4 Å². The van der Waals surface area contributed by atoms with Crippen LogP contribution in [0.1, 0.15) is 38.9 Å². The van der Waals surface area contributed by atoms with Gasteiger partial charge in [0.2, 0.25) is 5.88 Å². The number of carbonyl (C=O) groups is 2. The third-order valence-corrected chi connectivity index (χ3v) is 8.90. The Morgan fingerprint density at radius 3 is 2.09 bits per heavy atom. The molecule has 6 rings (SSSR count). The van der Waals surface area contributed by atoms with Gasteiger partial charge >= 0.3 is 12.4 Å². The van der Waals surface area contributed by atoms with E-state index in [1.807, 2.05) is 16.7 Å². The third kappa shape index (κ3) is 9.52. The number of rotatable bonds is 10. The number of pyridine rings is 1. The number of carbonyl (C=O) groups excluding carboxylic acids is 2. The first-order valence-corrected chi connectivity index (χ1v) is 16.7. The molecule has 0 bridgehead atoms.